The number of nitriles is 2. The maximum atomic E-state index is 12.4. The minimum atomic E-state index is -0.982. The number of hydrogen-bond donors (Lipinski definition) is 4. The van der Waals surface area contributed by atoms with Gasteiger partial charge < -0.3 is 21.5 Å². The van der Waals surface area contributed by atoms with Gasteiger partial charge in [0.2, 0.25) is 11.9 Å². The summed E-state index contributed by atoms with van der Waals surface area (Å²) in [4.78, 5) is 40.5. The minimum Gasteiger partial charge on any atom is -0.478 e. The molecule has 4 aromatic heterocycles. The number of rotatable bonds is 12. The summed E-state index contributed by atoms with van der Waals surface area (Å²) in [5, 5.41) is 41.4. The monoisotopic (exact) mass is 835 g/mol. The molecular weight excluding hydrogens is 793 g/mol. The van der Waals surface area contributed by atoms with Crippen LogP contribution in [0.5, 0.6) is 0 Å². The van der Waals surface area contributed by atoms with Gasteiger partial charge in [0, 0.05) is 56.1 Å². The highest BCUT2D eigenvalue weighted by Gasteiger charge is 2.19. The third kappa shape index (κ3) is 13.4. The van der Waals surface area contributed by atoms with Crippen LogP contribution < -0.4 is 16.4 Å². The summed E-state index contributed by atoms with van der Waals surface area (Å²) >= 11 is 12.4. The molecule has 0 aliphatic heterocycles. The average molecular weight is 837 g/mol. The Kier molecular flexibility index (Phi) is 15.3. The van der Waals surface area contributed by atoms with Gasteiger partial charge in [0.25, 0.3) is 0 Å². The van der Waals surface area contributed by atoms with E-state index < -0.39 is 11.4 Å². The number of carbonyl (C=O) groups excluding carboxylic acids is 1. The molecule has 6 rings (SSSR count). The molecule has 0 amide bonds. The second-order valence-corrected chi connectivity index (χ2v) is 15.2. The summed E-state index contributed by atoms with van der Waals surface area (Å²) in [5.74, 6) is -0.201. The minimum absolute atomic E-state index is 0.00703. The number of carbonyl (C=O) groups is 2. The van der Waals surface area contributed by atoms with Gasteiger partial charge in [-0.05, 0) is 46.2 Å². The molecule has 0 unspecified atom stereocenters. The predicted octanol–water partition coefficient (Wildman–Crippen LogP) is 8.25. The standard InChI is InChI=1S/C21H21ClN6O.C15H12ClN5O2.C5H10N2/c1-21(2,13-23)9-8-18(29)14-4-6-15(7-5-14)19-17(22)11-24-20(27-19)26-16-10-25-28(3)12-16;1-21-8-11(6-18-21)19-15-17-7-12(16)13(20-15)9-2-4-10(5-3-9)14(22)23;1-5(2,3-6)4-7/h4-7,10-12H,8-9H2,1-3H3,(H,24,26,27);2-8H,1H3,(H,22,23)(H,17,19,20);3,6H2,1-2H3. The molecule has 0 spiro atoms. The number of Topliss-reactive ketones (excluding diaryl/α,β-unsaturated/α-hetero) is 1. The van der Waals surface area contributed by atoms with E-state index >= 15 is 0 Å². The molecule has 6 aromatic rings. The summed E-state index contributed by atoms with van der Waals surface area (Å²) in [7, 11) is 3.63. The molecule has 0 aliphatic rings. The molecule has 0 saturated heterocycles. The molecule has 304 valence electrons. The van der Waals surface area contributed by atoms with E-state index in [9.17, 15) is 9.59 Å². The van der Waals surface area contributed by atoms with Gasteiger partial charge in [-0.25, -0.2) is 24.7 Å². The number of nitrogens with one attached hydrogen (secondary N) is 2. The highest BCUT2D eigenvalue weighted by Crippen LogP contribution is 2.29. The molecule has 0 bridgehead atoms. The van der Waals surface area contributed by atoms with Crippen molar-refractivity contribution in [1.29, 1.82) is 10.5 Å². The zero-order valence-electron chi connectivity index (χ0n) is 33.3. The number of ketones is 1. The van der Waals surface area contributed by atoms with E-state index in [1.54, 1.807) is 52.2 Å². The second-order valence-electron chi connectivity index (χ2n) is 14.4. The van der Waals surface area contributed by atoms with Crippen LogP contribution in [0.2, 0.25) is 10.0 Å². The topological polar surface area (TPSA) is 239 Å². The van der Waals surface area contributed by atoms with Crippen molar-refractivity contribution < 1.29 is 14.7 Å². The zero-order chi connectivity index (χ0) is 43.3. The van der Waals surface area contributed by atoms with Crippen LogP contribution >= 0.6 is 23.2 Å². The Hall–Kier alpha value is -6.72. The number of halogens is 2. The maximum Gasteiger partial charge on any atom is 0.335 e. The lowest BCUT2D eigenvalue weighted by molar-refractivity contribution is 0.0696. The van der Waals surface area contributed by atoms with Crippen LogP contribution in [0, 0.1) is 33.5 Å². The summed E-state index contributed by atoms with van der Waals surface area (Å²) in [6.07, 6.45) is 10.8. The predicted molar refractivity (Wildman–Crippen MR) is 226 cm³/mol. The Balaban J connectivity index is 0.000000229. The highest BCUT2D eigenvalue weighted by atomic mass is 35.5. The molecule has 5 N–H and O–H groups in total. The van der Waals surface area contributed by atoms with Crippen molar-refractivity contribution in [3.05, 3.63) is 107 Å². The molecule has 0 atom stereocenters. The first-order valence-corrected chi connectivity index (χ1v) is 18.7. The number of nitrogens with zero attached hydrogens (tertiary/aromatic N) is 10. The zero-order valence-corrected chi connectivity index (χ0v) is 34.8. The van der Waals surface area contributed by atoms with Crippen LogP contribution in [0.3, 0.4) is 0 Å². The molecule has 0 saturated carbocycles. The molecular formula is C41H43Cl2N13O3. The van der Waals surface area contributed by atoms with Crippen molar-refractivity contribution in [2.45, 2.75) is 40.5 Å². The quantitative estimate of drug-likeness (QED) is 0.0849. The Bertz CT molecular complexity index is 2470. The van der Waals surface area contributed by atoms with Crippen molar-refractivity contribution in [1.82, 2.24) is 39.5 Å². The van der Waals surface area contributed by atoms with Crippen LogP contribution in [-0.4, -0.2) is 62.9 Å². The van der Waals surface area contributed by atoms with E-state index in [4.69, 9.17) is 44.6 Å². The van der Waals surface area contributed by atoms with Gasteiger partial charge in [-0.3, -0.25) is 14.2 Å². The Morgan fingerprint density at radius 3 is 1.49 bits per heavy atom. The maximum absolute atomic E-state index is 12.4. The van der Waals surface area contributed by atoms with Gasteiger partial charge in [-0.15, -0.1) is 0 Å². The highest BCUT2D eigenvalue weighted by molar-refractivity contribution is 6.33. The molecule has 0 radical (unpaired) electrons. The first-order chi connectivity index (χ1) is 27.9. The number of aromatic nitrogens is 8. The normalized spacial score (nSPS) is 10.8. The Morgan fingerprint density at radius 2 is 1.15 bits per heavy atom. The van der Waals surface area contributed by atoms with Crippen molar-refractivity contribution >= 4 is 58.2 Å². The lowest BCUT2D eigenvalue weighted by Crippen LogP contribution is -2.20. The third-order valence-electron chi connectivity index (χ3n) is 8.39. The fourth-order valence-electron chi connectivity index (χ4n) is 4.75. The average Bonchev–Trinajstić information content (AvgIpc) is 3.84. The fraction of sp³-hybridized carbons (Fsp3) is 0.268. The van der Waals surface area contributed by atoms with Crippen molar-refractivity contribution in [2.24, 2.45) is 30.7 Å². The number of aryl methyl sites for hydroxylation is 2. The first kappa shape index (κ1) is 45.0. The van der Waals surface area contributed by atoms with Crippen LogP contribution in [-0.2, 0) is 14.1 Å². The molecule has 4 heterocycles. The van der Waals surface area contributed by atoms with Gasteiger partial charge in [0.05, 0.1) is 86.1 Å². The molecule has 59 heavy (non-hydrogen) atoms. The number of anilines is 4. The summed E-state index contributed by atoms with van der Waals surface area (Å²) in [5.41, 5.74) is 9.24. The molecule has 16 nitrogen and oxygen atoms in total. The number of nitrogens with two attached hydrogens (primary N) is 1. The van der Waals surface area contributed by atoms with Crippen LogP contribution in [0.1, 0.15) is 61.3 Å². The van der Waals surface area contributed by atoms with Gasteiger partial charge in [0.15, 0.2) is 5.78 Å². The molecule has 18 heteroatoms. The summed E-state index contributed by atoms with van der Waals surface area (Å²) < 4.78 is 3.33. The van der Waals surface area contributed by atoms with Crippen LogP contribution in [0.25, 0.3) is 22.5 Å². The smallest absolute Gasteiger partial charge is 0.335 e. The number of carboxylic acid groups (broad SMARTS) is 1. The van der Waals surface area contributed by atoms with Gasteiger partial charge in [-0.1, -0.05) is 59.6 Å². The van der Waals surface area contributed by atoms with Crippen LogP contribution in [0.15, 0.2) is 85.7 Å². The van der Waals surface area contributed by atoms with E-state index in [1.807, 2.05) is 60.1 Å². The fourth-order valence-corrected chi connectivity index (χ4v) is 5.15. The van der Waals surface area contributed by atoms with Crippen molar-refractivity contribution in [2.75, 3.05) is 17.2 Å². The largest absolute Gasteiger partial charge is 0.478 e. The lowest BCUT2D eigenvalue weighted by Gasteiger charge is -2.13. The summed E-state index contributed by atoms with van der Waals surface area (Å²) in [6.45, 7) is 7.72. The van der Waals surface area contributed by atoms with Gasteiger partial charge >= 0.3 is 5.97 Å². The Labute approximate surface area is 351 Å². The van der Waals surface area contributed by atoms with E-state index in [0.29, 0.717) is 63.8 Å². The van der Waals surface area contributed by atoms with E-state index in [0.717, 1.165) is 16.9 Å². The number of benzene rings is 2. The van der Waals surface area contributed by atoms with Gasteiger partial charge in [-0.2, -0.15) is 20.7 Å². The van der Waals surface area contributed by atoms with E-state index in [1.165, 1.54) is 24.5 Å². The van der Waals surface area contributed by atoms with Crippen molar-refractivity contribution in [3.63, 3.8) is 0 Å². The number of aromatic carboxylic acids is 1. The lowest BCUT2D eigenvalue weighted by atomic mass is 9.88. The van der Waals surface area contributed by atoms with E-state index in [-0.39, 0.29) is 16.8 Å². The number of carboxylic acids is 1. The molecule has 0 fully saturated rings. The molecule has 0 aliphatic carbocycles. The number of hydrogen-bond acceptors (Lipinski definition) is 13. The van der Waals surface area contributed by atoms with Crippen LogP contribution in [0.4, 0.5) is 23.3 Å². The van der Waals surface area contributed by atoms with Gasteiger partial charge in [0.1, 0.15) is 0 Å². The third-order valence-corrected chi connectivity index (χ3v) is 8.94. The van der Waals surface area contributed by atoms with E-state index in [2.05, 4.69) is 52.9 Å². The summed E-state index contributed by atoms with van der Waals surface area (Å²) in [6, 6.07) is 17.7. The second kappa shape index (κ2) is 20.1. The SMILES string of the molecule is CC(C)(C#N)CN.Cn1cc(Nc2ncc(Cl)c(-c3ccc(C(=O)CCC(C)(C)C#N)cc3)n2)cn1.Cn1cc(Nc2ncc(Cl)c(-c3ccc(C(=O)O)cc3)n2)cn1. The first-order valence-electron chi connectivity index (χ1n) is 18.0. The Morgan fingerprint density at radius 1 is 0.729 bits per heavy atom. The van der Waals surface area contributed by atoms with Crippen molar-refractivity contribution in [3.8, 4) is 34.7 Å². The molecule has 2 aromatic carbocycles.